The van der Waals surface area contributed by atoms with E-state index in [2.05, 4.69) is 19.2 Å². The minimum absolute atomic E-state index is 0.00654. The van der Waals surface area contributed by atoms with Gasteiger partial charge in [-0.1, -0.05) is 43.6 Å². The standard InChI is InChI=1S/C19H19ClN2O3/c1-12(2)14-5-3-4-6-15(14)21-18(23)10-22-11-19(24)25-17-8-7-13(20)9-16(17)22/h3-9,12H,10-11H2,1-2H3,(H,21,23). The second-order valence-electron chi connectivity index (χ2n) is 6.23. The van der Waals surface area contributed by atoms with Gasteiger partial charge in [-0.15, -0.1) is 0 Å². The number of esters is 1. The molecule has 1 aliphatic rings. The second kappa shape index (κ2) is 7.15. The summed E-state index contributed by atoms with van der Waals surface area (Å²) < 4.78 is 5.20. The van der Waals surface area contributed by atoms with E-state index >= 15 is 0 Å². The molecule has 0 atom stereocenters. The molecule has 1 aliphatic heterocycles. The van der Waals surface area contributed by atoms with Crippen molar-refractivity contribution in [1.29, 1.82) is 0 Å². The van der Waals surface area contributed by atoms with Crippen LogP contribution >= 0.6 is 11.6 Å². The lowest BCUT2D eigenvalue weighted by Crippen LogP contribution is -2.41. The first-order valence-corrected chi connectivity index (χ1v) is 8.46. The predicted molar refractivity (Wildman–Crippen MR) is 98.5 cm³/mol. The quantitative estimate of drug-likeness (QED) is 0.666. The third kappa shape index (κ3) is 3.94. The molecule has 0 saturated heterocycles. The van der Waals surface area contributed by atoms with Crippen molar-refractivity contribution < 1.29 is 14.3 Å². The third-order valence-electron chi connectivity index (χ3n) is 4.00. The zero-order valence-corrected chi connectivity index (χ0v) is 14.8. The number of fused-ring (bicyclic) bond motifs is 1. The van der Waals surface area contributed by atoms with Crippen molar-refractivity contribution >= 4 is 34.9 Å². The molecule has 0 radical (unpaired) electrons. The molecule has 2 aromatic rings. The van der Waals surface area contributed by atoms with E-state index in [-0.39, 0.29) is 19.0 Å². The summed E-state index contributed by atoms with van der Waals surface area (Å²) in [6.07, 6.45) is 0. The van der Waals surface area contributed by atoms with E-state index in [0.717, 1.165) is 11.3 Å². The topological polar surface area (TPSA) is 58.6 Å². The van der Waals surface area contributed by atoms with Crippen molar-refractivity contribution in [2.45, 2.75) is 19.8 Å². The van der Waals surface area contributed by atoms with E-state index in [1.54, 1.807) is 23.1 Å². The molecule has 0 fully saturated rings. The number of carbonyl (C=O) groups excluding carboxylic acids is 2. The SMILES string of the molecule is CC(C)c1ccccc1NC(=O)CN1CC(=O)Oc2ccc(Cl)cc21. The van der Waals surface area contributed by atoms with Crippen LogP contribution in [0, 0.1) is 0 Å². The van der Waals surface area contributed by atoms with Crippen LogP contribution in [0.1, 0.15) is 25.3 Å². The molecule has 1 N–H and O–H groups in total. The summed E-state index contributed by atoms with van der Waals surface area (Å²) in [6.45, 7) is 4.19. The maximum atomic E-state index is 12.5. The summed E-state index contributed by atoms with van der Waals surface area (Å²) in [7, 11) is 0. The van der Waals surface area contributed by atoms with Gasteiger partial charge >= 0.3 is 5.97 Å². The molecule has 3 rings (SSSR count). The molecular formula is C19H19ClN2O3. The Hall–Kier alpha value is -2.53. The Kier molecular flexibility index (Phi) is 4.95. The Bertz CT molecular complexity index is 820. The van der Waals surface area contributed by atoms with E-state index in [9.17, 15) is 9.59 Å². The van der Waals surface area contributed by atoms with Crippen LogP contribution in [0.4, 0.5) is 11.4 Å². The second-order valence-corrected chi connectivity index (χ2v) is 6.67. The monoisotopic (exact) mass is 358 g/mol. The van der Waals surface area contributed by atoms with Crippen molar-refractivity contribution in [1.82, 2.24) is 0 Å². The molecule has 25 heavy (non-hydrogen) atoms. The van der Waals surface area contributed by atoms with Gasteiger partial charge in [0.15, 0.2) is 5.75 Å². The van der Waals surface area contributed by atoms with Gasteiger partial charge in [-0.25, -0.2) is 4.79 Å². The van der Waals surface area contributed by atoms with Crippen LogP contribution in [-0.4, -0.2) is 25.0 Å². The van der Waals surface area contributed by atoms with Gasteiger partial charge in [-0.2, -0.15) is 0 Å². The van der Waals surface area contributed by atoms with Gasteiger partial charge in [0.25, 0.3) is 0 Å². The molecule has 1 heterocycles. The highest BCUT2D eigenvalue weighted by atomic mass is 35.5. The summed E-state index contributed by atoms with van der Waals surface area (Å²) in [5.74, 6) is 0.107. The molecule has 1 amide bonds. The first-order chi connectivity index (χ1) is 11.9. The molecule has 5 nitrogen and oxygen atoms in total. The minimum Gasteiger partial charge on any atom is -0.423 e. The summed E-state index contributed by atoms with van der Waals surface area (Å²) >= 11 is 6.03. The summed E-state index contributed by atoms with van der Waals surface area (Å²) in [4.78, 5) is 26.0. The van der Waals surface area contributed by atoms with Gasteiger partial charge in [-0.3, -0.25) is 4.79 Å². The fraction of sp³-hybridized carbons (Fsp3) is 0.263. The van der Waals surface area contributed by atoms with Crippen molar-refractivity contribution in [3.63, 3.8) is 0 Å². The predicted octanol–water partition coefficient (Wildman–Crippen LogP) is 3.83. The Balaban J connectivity index is 1.78. The van der Waals surface area contributed by atoms with E-state index in [0.29, 0.717) is 22.4 Å². The van der Waals surface area contributed by atoms with Gasteiger partial charge in [0.2, 0.25) is 5.91 Å². The lowest BCUT2D eigenvalue weighted by atomic mass is 10.0. The Morgan fingerprint density at radius 1 is 1.28 bits per heavy atom. The molecule has 0 unspecified atom stereocenters. The molecule has 0 aliphatic carbocycles. The number of benzene rings is 2. The van der Waals surface area contributed by atoms with Gasteiger partial charge in [0.05, 0.1) is 12.2 Å². The van der Waals surface area contributed by atoms with Crippen LogP contribution in [0.2, 0.25) is 5.02 Å². The largest absolute Gasteiger partial charge is 0.423 e. The highest BCUT2D eigenvalue weighted by Gasteiger charge is 2.26. The van der Waals surface area contributed by atoms with E-state index in [1.807, 2.05) is 24.3 Å². The lowest BCUT2D eigenvalue weighted by molar-refractivity contribution is -0.133. The van der Waals surface area contributed by atoms with Crippen LogP contribution in [0.25, 0.3) is 0 Å². The van der Waals surface area contributed by atoms with Crippen molar-refractivity contribution in [3.8, 4) is 5.75 Å². The fourth-order valence-corrected chi connectivity index (χ4v) is 3.00. The minimum atomic E-state index is -0.398. The smallest absolute Gasteiger partial charge is 0.331 e. The van der Waals surface area contributed by atoms with Crippen LogP contribution < -0.4 is 15.0 Å². The number of amides is 1. The third-order valence-corrected chi connectivity index (χ3v) is 4.23. The molecule has 0 aromatic heterocycles. The summed E-state index contributed by atoms with van der Waals surface area (Å²) in [5, 5.41) is 3.45. The zero-order valence-electron chi connectivity index (χ0n) is 14.1. The Labute approximate surface area is 151 Å². The molecule has 0 spiro atoms. The molecule has 130 valence electrons. The van der Waals surface area contributed by atoms with Gasteiger partial charge in [-0.05, 0) is 35.7 Å². The highest BCUT2D eigenvalue weighted by Crippen LogP contribution is 2.34. The highest BCUT2D eigenvalue weighted by molar-refractivity contribution is 6.31. The van der Waals surface area contributed by atoms with Crippen LogP contribution in [0.15, 0.2) is 42.5 Å². The lowest BCUT2D eigenvalue weighted by Gasteiger charge is -2.29. The van der Waals surface area contributed by atoms with E-state index in [1.165, 1.54) is 0 Å². The number of hydrogen-bond donors (Lipinski definition) is 1. The number of para-hydroxylation sites is 1. The van der Waals surface area contributed by atoms with E-state index in [4.69, 9.17) is 16.3 Å². The van der Waals surface area contributed by atoms with Crippen LogP contribution in [-0.2, 0) is 9.59 Å². The number of carbonyl (C=O) groups is 2. The normalized spacial score (nSPS) is 13.4. The number of ether oxygens (including phenoxy) is 1. The van der Waals surface area contributed by atoms with Crippen molar-refractivity contribution in [3.05, 3.63) is 53.1 Å². The van der Waals surface area contributed by atoms with Gasteiger partial charge in [0, 0.05) is 10.7 Å². The Morgan fingerprint density at radius 2 is 2.04 bits per heavy atom. The summed E-state index contributed by atoms with van der Waals surface area (Å²) in [5.41, 5.74) is 2.49. The van der Waals surface area contributed by atoms with Gasteiger partial charge < -0.3 is 15.0 Å². The molecule has 2 aromatic carbocycles. The number of anilines is 2. The van der Waals surface area contributed by atoms with E-state index < -0.39 is 5.97 Å². The van der Waals surface area contributed by atoms with Crippen molar-refractivity contribution in [2.75, 3.05) is 23.3 Å². The molecule has 0 saturated carbocycles. The Morgan fingerprint density at radius 3 is 2.80 bits per heavy atom. The summed E-state index contributed by atoms with van der Waals surface area (Å²) in [6, 6.07) is 12.7. The van der Waals surface area contributed by atoms with Crippen molar-refractivity contribution in [2.24, 2.45) is 0 Å². The number of nitrogens with zero attached hydrogens (tertiary/aromatic N) is 1. The first kappa shape index (κ1) is 17.3. The van der Waals surface area contributed by atoms with Crippen LogP contribution in [0.3, 0.4) is 0 Å². The number of halogens is 1. The maximum Gasteiger partial charge on any atom is 0.331 e. The molecule has 0 bridgehead atoms. The number of rotatable bonds is 4. The average molecular weight is 359 g/mol. The average Bonchev–Trinajstić information content (AvgIpc) is 2.55. The van der Waals surface area contributed by atoms with Gasteiger partial charge in [0.1, 0.15) is 6.54 Å². The molecule has 6 heteroatoms. The fourth-order valence-electron chi connectivity index (χ4n) is 2.84. The molecular weight excluding hydrogens is 340 g/mol. The zero-order chi connectivity index (χ0) is 18.0. The maximum absolute atomic E-state index is 12.5. The first-order valence-electron chi connectivity index (χ1n) is 8.08. The number of nitrogens with one attached hydrogen (secondary N) is 1. The number of hydrogen-bond acceptors (Lipinski definition) is 4. The van der Waals surface area contributed by atoms with Crippen LogP contribution in [0.5, 0.6) is 5.75 Å².